The molecule has 0 saturated carbocycles. The molecule has 0 fully saturated rings. The summed E-state index contributed by atoms with van der Waals surface area (Å²) in [6.45, 7) is 0.356. The van der Waals surface area contributed by atoms with E-state index in [9.17, 15) is 13.2 Å². The van der Waals surface area contributed by atoms with Gasteiger partial charge in [-0.3, -0.25) is 4.79 Å². The van der Waals surface area contributed by atoms with Gasteiger partial charge in [0.05, 0.1) is 22.1 Å². The van der Waals surface area contributed by atoms with E-state index in [1.54, 1.807) is 12.1 Å². The van der Waals surface area contributed by atoms with Crippen molar-refractivity contribution >= 4 is 39.1 Å². The summed E-state index contributed by atoms with van der Waals surface area (Å²) in [6, 6.07) is 9.09. The van der Waals surface area contributed by atoms with Crippen molar-refractivity contribution < 1.29 is 17.9 Å². The maximum Gasteiger partial charge on any atom is 0.251 e. The van der Waals surface area contributed by atoms with Gasteiger partial charge in [-0.2, -0.15) is 0 Å². The Kier molecular flexibility index (Phi) is 6.29. The minimum atomic E-state index is -3.71. The van der Waals surface area contributed by atoms with Gasteiger partial charge in [-0.25, -0.2) is 13.6 Å². The molecule has 2 aromatic rings. The molecule has 0 heterocycles. The van der Waals surface area contributed by atoms with Gasteiger partial charge in [-0.05, 0) is 36.2 Å². The molecular formula is C16H16Cl2N2O4S. The summed E-state index contributed by atoms with van der Waals surface area (Å²) in [4.78, 5) is 12.2. The smallest absolute Gasteiger partial charge is 0.251 e. The zero-order valence-corrected chi connectivity index (χ0v) is 15.6. The van der Waals surface area contributed by atoms with Crippen LogP contribution in [0.1, 0.15) is 15.9 Å². The summed E-state index contributed by atoms with van der Waals surface area (Å²) in [5.74, 6) is -0.0116. The molecule has 0 aliphatic heterocycles. The Labute approximate surface area is 155 Å². The van der Waals surface area contributed by atoms with Crippen LogP contribution in [-0.4, -0.2) is 28.0 Å². The van der Waals surface area contributed by atoms with Crippen LogP contribution < -0.4 is 15.2 Å². The Morgan fingerprint density at radius 1 is 1.16 bits per heavy atom. The fourth-order valence-electron chi connectivity index (χ4n) is 2.15. The number of rotatable bonds is 6. The van der Waals surface area contributed by atoms with Gasteiger partial charge in [0.15, 0.2) is 5.75 Å². The molecule has 2 aromatic carbocycles. The van der Waals surface area contributed by atoms with Crippen molar-refractivity contribution in [2.24, 2.45) is 5.14 Å². The van der Waals surface area contributed by atoms with E-state index < -0.39 is 10.0 Å². The molecule has 0 aromatic heterocycles. The highest BCUT2D eigenvalue weighted by molar-refractivity contribution is 7.89. The summed E-state index contributed by atoms with van der Waals surface area (Å²) in [5.41, 5.74) is 1.18. The second kappa shape index (κ2) is 8.05. The van der Waals surface area contributed by atoms with Crippen LogP contribution in [0.5, 0.6) is 5.75 Å². The number of carbonyl (C=O) groups is 1. The number of carbonyl (C=O) groups excluding carboxylic acids is 1. The summed E-state index contributed by atoms with van der Waals surface area (Å²) in [5, 5.41) is 8.28. The molecule has 0 spiro atoms. The lowest BCUT2D eigenvalue weighted by atomic mass is 10.1. The number of nitrogens with one attached hydrogen (secondary N) is 1. The SMILES string of the molecule is COc1c(Cl)cc(C(=O)NCCc2ccc(S(N)(=O)=O)cc2)cc1Cl. The first-order chi connectivity index (χ1) is 11.7. The third-order valence-corrected chi connectivity index (χ3v) is 4.91. The van der Waals surface area contributed by atoms with Crippen molar-refractivity contribution in [1.29, 1.82) is 0 Å². The van der Waals surface area contributed by atoms with Crippen molar-refractivity contribution in [3.63, 3.8) is 0 Å². The van der Waals surface area contributed by atoms with E-state index in [2.05, 4.69) is 5.32 Å². The lowest BCUT2D eigenvalue weighted by Crippen LogP contribution is -2.25. The molecule has 1 amide bonds. The Bertz CT molecular complexity index is 861. The van der Waals surface area contributed by atoms with Crippen LogP contribution in [0.3, 0.4) is 0 Å². The van der Waals surface area contributed by atoms with Gasteiger partial charge in [0, 0.05) is 12.1 Å². The number of sulfonamides is 1. The summed E-state index contributed by atoms with van der Waals surface area (Å²) >= 11 is 12.0. The van der Waals surface area contributed by atoms with Crippen molar-refractivity contribution in [3.05, 3.63) is 57.6 Å². The second-order valence-corrected chi connectivity index (χ2v) is 7.54. The molecule has 0 aliphatic rings. The highest BCUT2D eigenvalue weighted by Crippen LogP contribution is 2.33. The van der Waals surface area contributed by atoms with Gasteiger partial charge < -0.3 is 10.1 Å². The summed E-state index contributed by atoms with van der Waals surface area (Å²) in [6.07, 6.45) is 0.522. The minimum Gasteiger partial charge on any atom is -0.494 e. The fraction of sp³-hybridized carbons (Fsp3) is 0.188. The van der Waals surface area contributed by atoms with Crippen molar-refractivity contribution in [2.75, 3.05) is 13.7 Å². The summed E-state index contributed by atoms with van der Waals surface area (Å²) in [7, 11) is -2.27. The van der Waals surface area contributed by atoms with Gasteiger partial charge in [-0.15, -0.1) is 0 Å². The van der Waals surface area contributed by atoms with E-state index in [0.29, 0.717) is 24.3 Å². The number of hydrogen-bond donors (Lipinski definition) is 2. The quantitative estimate of drug-likeness (QED) is 0.775. The van der Waals surface area contributed by atoms with Crippen LogP contribution in [0, 0.1) is 0 Å². The van der Waals surface area contributed by atoms with E-state index in [1.165, 1.54) is 31.4 Å². The normalized spacial score (nSPS) is 11.2. The van der Waals surface area contributed by atoms with Crippen LogP contribution in [-0.2, 0) is 16.4 Å². The number of ether oxygens (including phenoxy) is 1. The standard InChI is InChI=1S/C16H16Cl2N2O4S/c1-24-15-13(17)8-11(9-14(15)18)16(21)20-7-6-10-2-4-12(5-3-10)25(19,22)23/h2-5,8-9H,6-7H2,1H3,(H,20,21)(H2,19,22,23). The number of hydrogen-bond acceptors (Lipinski definition) is 4. The molecule has 25 heavy (non-hydrogen) atoms. The maximum atomic E-state index is 12.2. The maximum absolute atomic E-state index is 12.2. The van der Waals surface area contributed by atoms with E-state index in [-0.39, 0.29) is 20.8 Å². The first-order valence-electron chi connectivity index (χ1n) is 7.15. The molecular weight excluding hydrogens is 387 g/mol. The average Bonchev–Trinajstić information content (AvgIpc) is 2.54. The van der Waals surface area contributed by atoms with Gasteiger partial charge in [0.25, 0.3) is 5.91 Å². The van der Waals surface area contributed by atoms with E-state index in [4.69, 9.17) is 33.1 Å². The molecule has 0 aliphatic carbocycles. The molecule has 0 radical (unpaired) electrons. The third-order valence-electron chi connectivity index (χ3n) is 3.42. The highest BCUT2D eigenvalue weighted by atomic mass is 35.5. The lowest BCUT2D eigenvalue weighted by molar-refractivity contribution is 0.0954. The first-order valence-corrected chi connectivity index (χ1v) is 9.45. The molecule has 3 N–H and O–H groups in total. The Morgan fingerprint density at radius 2 is 1.72 bits per heavy atom. The Morgan fingerprint density at radius 3 is 2.20 bits per heavy atom. The van der Waals surface area contributed by atoms with Gasteiger partial charge in [-0.1, -0.05) is 35.3 Å². The van der Waals surface area contributed by atoms with Crippen LogP contribution in [0.15, 0.2) is 41.3 Å². The molecule has 0 saturated heterocycles. The topological polar surface area (TPSA) is 98.5 Å². The van der Waals surface area contributed by atoms with E-state index in [0.717, 1.165) is 5.56 Å². The zero-order chi connectivity index (χ0) is 18.6. The van der Waals surface area contributed by atoms with Crippen LogP contribution in [0.4, 0.5) is 0 Å². The third kappa shape index (κ3) is 5.09. The molecule has 0 atom stereocenters. The second-order valence-electron chi connectivity index (χ2n) is 5.17. The largest absolute Gasteiger partial charge is 0.494 e. The number of benzene rings is 2. The number of nitrogens with two attached hydrogens (primary N) is 1. The predicted octanol–water partition coefficient (Wildman–Crippen LogP) is 2.62. The fourth-order valence-corrected chi connectivity index (χ4v) is 3.31. The highest BCUT2D eigenvalue weighted by Gasteiger charge is 2.13. The predicted molar refractivity (Wildman–Crippen MR) is 96.9 cm³/mol. The number of halogens is 2. The van der Waals surface area contributed by atoms with Crippen LogP contribution in [0.2, 0.25) is 10.0 Å². The molecule has 9 heteroatoms. The lowest BCUT2D eigenvalue weighted by Gasteiger charge is -2.09. The van der Waals surface area contributed by atoms with Crippen LogP contribution >= 0.6 is 23.2 Å². The van der Waals surface area contributed by atoms with Gasteiger partial charge >= 0.3 is 0 Å². The van der Waals surface area contributed by atoms with Crippen molar-refractivity contribution in [1.82, 2.24) is 5.32 Å². The Balaban J connectivity index is 1.97. The van der Waals surface area contributed by atoms with Crippen molar-refractivity contribution in [2.45, 2.75) is 11.3 Å². The summed E-state index contributed by atoms with van der Waals surface area (Å²) < 4.78 is 27.4. The van der Waals surface area contributed by atoms with E-state index in [1.807, 2.05) is 0 Å². The van der Waals surface area contributed by atoms with Gasteiger partial charge in [0.2, 0.25) is 10.0 Å². The number of amides is 1. The Hall–Kier alpha value is -1.80. The average molecular weight is 403 g/mol. The number of primary sulfonamides is 1. The van der Waals surface area contributed by atoms with Gasteiger partial charge in [0.1, 0.15) is 0 Å². The molecule has 6 nitrogen and oxygen atoms in total. The first kappa shape index (κ1) is 19.5. The minimum absolute atomic E-state index is 0.0443. The monoisotopic (exact) mass is 402 g/mol. The van der Waals surface area contributed by atoms with Crippen LogP contribution in [0.25, 0.3) is 0 Å². The number of methoxy groups -OCH3 is 1. The molecule has 0 unspecified atom stereocenters. The van der Waals surface area contributed by atoms with Crippen molar-refractivity contribution in [3.8, 4) is 5.75 Å². The zero-order valence-electron chi connectivity index (χ0n) is 13.3. The van der Waals surface area contributed by atoms with E-state index >= 15 is 0 Å². The molecule has 134 valence electrons. The molecule has 2 rings (SSSR count). The molecule has 0 bridgehead atoms.